The summed E-state index contributed by atoms with van der Waals surface area (Å²) in [5.41, 5.74) is -1.57. The number of nitrogens with one attached hydrogen (secondary N) is 1. The molecule has 0 bridgehead atoms. The number of rotatable bonds is 3. The quantitative estimate of drug-likeness (QED) is 0.665. The van der Waals surface area contributed by atoms with Crippen molar-refractivity contribution in [3.8, 4) is 0 Å². The standard InChI is InChI=1S/C14H21N3O6/c1-13(2,3)23-12(22)16-7-14(8-16,4-11(20)21)17-5-9(18)15-10(19)6-17/h4-8H2,1-3H3,(H,20,21)(H,15,18,19). The van der Waals surface area contributed by atoms with Crippen molar-refractivity contribution in [3.05, 3.63) is 0 Å². The maximum atomic E-state index is 12.0. The van der Waals surface area contributed by atoms with E-state index in [1.165, 1.54) is 9.80 Å². The Morgan fingerprint density at radius 1 is 1.22 bits per heavy atom. The monoisotopic (exact) mass is 327 g/mol. The molecular weight excluding hydrogens is 306 g/mol. The van der Waals surface area contributed by atoms with Crippen molar-refractivity contribution in [3.63, 3.8) is 0 Å². The van der Waals surface area contributed by atoms with Gasteiger partial charge in [-0.05, 0) is 20.8 Å². The molecule has 9 heteroatoms. The summed E-state index contributed by atoms with van der Waals surface area (Å²) in [6.45, 7) is 5.29. The van der Waals surface area contributed by atoms with E-state index in [1.807, 2.05) is 0 Å². The van der Waals surface area contributed by atoms with Gasteiger partial charge in [0.2, 0.25) is 11.8 Å². The Bertz CT molecular complexity index is 531. The highest BCUT2D eigenvalue weighted by Crippen LogP contribution is 2.33. The van der Waals surface area contributed by atoms with Crippen LogP contribution in [0, 0.1) is 0 Å². The fraction of sp³-hybridized carbons (Fsp3) is 0.714. The maximum absolute atomic E-state index is 12.0. The molecule has 9 nitrogen and oxygen atoms in total. The molecule has 0 atom stereocenters. The first-order valence-electron chi connectivity index (χ1n) is 7.28. The van der Waals surface area contributed by atoms with Gasteiger partial charge in [-0.3, -0.25) is 24.6 Å². The number of carbonyl (C=O) groups is 4. The zero-order valence-corrected chi connectivity index (χ0v) is 13.4. The number of hydrogen-bond acceptors (Lipinski definition) is 6. The molecule has 2 rings (SSSR count). The molecule has 2 saturated heterocycles. The predicted molar refractivity (Wildman–Crippen MR) is 77.5 cm³/mol. The third-order valence-electron chi connectivity index (χ3n) is 3.72. The van der Waals surface area contributed by atoms with Crippen LogP contribution in [0.1, 0.15) is 27.2 Å². The Hall–Kier alpha value is -2.16. The molecule has 128 valence electrons. The number of piperazine rings is 1. The van der Waals surface area contributed by atoms with Gasteiger partial charge >= 0.3 is 12.1 Å². The lowest BCUT2D eigenvalue weighted by molar-refractivity contribution is -0.154. The van der Waals surface area contributed by atoms with E-state index in [1.54, 1.807) is 20.8 Å². The Morgan fingerprint density at radius 3 is 2.17 bits per heavy atom. The van der Waals surface area contributed by atoms with E-state index in [2.05, 4.69) is 5.32 Å². The lowest BCUT2D eigenvalue weighted by Crippen LogP contribution is -2.75. The summed E-state index contributed by atoms with van der Waals surface area (Å²) in [5, 5.41) is 11.3. The van der Waals surface area contributed by atoms with Gasteiger partial charge in [0, 0.05) is 13.1 Å². The molecule has 0 saturated carbocycles. The van der Waals surface area contributed by atoms with Crippen molar-refractivity contribution in [2.24, 2.45) is 0 Å². The fourth-order valence-corrected chi connectivity index (χ4v) is 2.80. The highest BCUT2D eigenvalue weighted by atomic mass is 16.6. The molecule has 0 spiro atoms. The number of amides is 3. The second-order valence-electron chi connectivity index (χ2n) is 6.96. The summed E-state index contributed by atoms with van der Waals surface area (Å²) in [7, 11) is 0. The second-order valence-corrected chi connectivity index (χ2v) is 6.96. The summed E-state index contributed by atoms with van der Waals surface area (Å²) >= 11 is 0. The minimum atomic E-state index is -1.05. The number of carboxylic acids is 1. The number of ether oxygens (including phenoxy) is 1. The molecule has 0 unspecified atom stereocenters. The van der Waals surface area contributed by atoms with Crippen molar-refractivity contribution in [2.75, 3.05) is 26.2 Å². The topological polar surface area (TPSA) is 116 Å². The van der Waals surface area contributed by atoms with E-state index in [0.29, 0.717) is 0 Å². The number of aliphatic carboxylic acids is 1. The SMILES string of the molecule is CC(C)(C)OC(=O)N1CC(CC(=O)O)(N2CC(=O)NC(=O)C2)C1. The van der Waals surface area contributed by atoms with Gasteiger partial charge in [-0.1, -0.05) is 0 Å². The van der Waals surface area contributed by atoms with Gasteiger partial charge in [-0.2, -0.15) is 0 Å². The van der Waals surface area contributed by atoms with Crippen molar-refractivity contribution < 1.29 is 29.0 Å². The molecule has 2 heterocycles. The van der Waals surface area contributed by atoms with Gasteiger partial charge in [0.25, 0.3) is 0 Å². The van der Waals surface area contributed by atoms with E-state index in [9.17, 15) is 19.2 Å². The summed E-state index contributed by atoms with van der Waals surface area (Å²) in [6, 6.07) is 0. The van der Waals surface area contributed by atoms with Crippen LogP contribution in [0.3, 0.4) is 0 Å². The summed E-state index contributed by atoms with van der Waals surface area (Å²) in [4.78, 5) is 49.2. The Labute approximate surface area is 133 Å². The summed E-state index contributed by atoms with van der Waals surface area (Å²) < 4.78 is 5.24. The van der Waals surface area contributed by atoms with Crippen LogP contribution in [0.5, 0.6) is 0 Å². The van der Waals surface area contributed by atoms with E-state index in [-0.39, 0.29) is 32.6 Å². The van der Waals surface area contributed by atoms with Gasteiger partial charge in [-0.25, -0.2) is 4.79 Å². The highest BCUT2D eigenvalue weighted by molar-refractivity contribution is 5.99. The summed E-state index contributed by atoms with van der Waals surface area (Å²) in [5.74, 6) is -1.99. The molecule has 2 fully saturated rings. The minimum Gasteiger partial charge on any atom is -0.481 e. The zero-order chi connectivity index (χ0) is 17.4. The number of carbonyl (C=O) groups excluding carboxylic acids is 3. The molecule has 0 radical (unpaired) electrons. The number of carboxylic acid groups (broad SMARTS) is 1. The van der Waals surface area contributed by atoms with Gasteiger partial charge in [0.05, 0.1) is 25.0 Å². The molecule has 2 aliphatic heterocycles. The van der Waals surface area contributed by atoms with Crippen LogP contribution in [0.4, 0.5) is 4.79 Å². The van der Waals surface area contributed by atoms with Crippen molar-refractivity contribution in [1.82, 2.24) is 15.1 Å². The largest absolute Gasteiger partial charge is 0.481 e. The normalized spacial score (nSPS) is 21.4. The third-order valence-corrected chi connectivity index (χ3v) is 3.72. The second kappa shape index (κ2) is 5.80. The first-order valence-corrected chi connectivity index (χ1v) is 7.28. The van der Waals surface area contributed by atoms with Crippen molar-refractivity contribution >= 4 is 23.9 Å². The van der Waals surface area contributed by atoms with Crippen LogP contribution < -0.4 is 5.32 Å². The summed E-state index contributed by atoms with van der Waals surface area (Å²) in [6.07, 6.45) is -0.793. The molecule has 2 aliphatic rings. The van der Waals surface area contributed by atoms with Crippen LogP contribution in [0.15, 0.2) is 0 Å². The van der Waals surface area contributed by atoms with Gasteiger partial charge < -0.3 is 14.7 Å². The molecule has 0 aromatic rings. The average molecular weight is 327 g/mol. The van der Waals surface area contributed by atoms with E-state index in [0.717, 1.165) is 0 Å². The third kappa shape index (κ3) is 3.98. The number of imide groups is 1. The molecule has 3 amide bonds. The molecule has 0 aromatic carbocycles. The van der Waals surface area contributed by atoms with Gasteiger partial charge in [0.1, 0.15) is 5.60 Å². The van der Waals surface area contributed by atoms with Crippen LogP contribution in [0.2, 0.25) is 0 Å². The van der Waals surface area contributed by atoms with Gasteiger partial charge in [0.15, 0.2) is 0 Å². The Kier molecular flexibility index (Phi) is 4.34. The van der Waals surface area contributed by atoms with Gasteiger partial charge in [-0.15, -0.1) is 0 Å². The Morgan fingerprint density at radius 2 is 1.74 bits per heavy atom. The fourth-order valence-electron chi connectivity index (χ4n) is 2.80. The smallest absolute Gasteiger partial charge is 0.410 e. The molecule has 2 N–H and O–H groups in total. The van der Waals surface area contributed by atoms with Crippen LogP contribution >= 0.6 is 0 Å². The number of likely N-dealkylation sites (tertiary alicyclic amines) is 1. The van der Waals surface area contributed by atoms with Crippen LogP contribution in [0.25, 0.3) is 0 Å². The van der Waals surface area contributed by atoms with E-state index in [4.69, 9.17) is 9.84 Å². The first-order chi connectivity index (χ1) is 10.5. The van der Waals surface area contributed by atoms with Crippen molar-refractivity contribution in [1.29, 1.82) is 0 Å². The van der Waals surface area contributed by atoms with Crippen LogP contribution in [-0.2, 0) is 19.1 Å². The molecule has 0 aliphatic carbocycles. The highest BCUT2D eigenvalue weighted by Gasteiger charge is 2.53. The van der Waals surface area contributed by atoms with E-state index >= 15 is 0 Å². The van der Waals surface area contributed by atoms with Crippen LogP contribution in [-0.4, -0.2) is 76.1 Å². The minimum absolute atomic E-state index is 0.0683. The molecular formula is C14H21N3O6. The predicted octanol–water partition coefficient (Wildman–Crippen LogP) is -0.591. The average Bonchev–Trinajstić information content (AvgIpc) is 2.29. The lowest BCUT2D eigenvalue weighted by atomic mass is 9.84. The zero-order valence-electron chi connectivity index (χ0n) is 13.4. The van der Waals surface area contributed by atoms with Crippen molar-refractivity contribution in [2.45, 2.75) is 38.3 Å². The van der Waals surface area contributed by atoms with E-state index < -0.39 is 35.0 Å². The molecule has 0 aromatic heterocycles. The molecule has 23 heavy (non-hydrogen) atoms. The number of hydrogen-bond donors (Lipinski definition) is 2. The Balaban J connectivity index is 2.08. The number of nitrogens with zero attached hydrogens (tertiary/aromatic N) is 2. The first kappa shape index (κ1) is 17.2. The lowest BCUT2D eigenvalue weighted by Gasteiger charge is -2.55. The maximum Gasteiger partial charge on any atom is 0.410 e.